The van der Waals surface area contributed by atoms with Gasteiger partial charge < -0.3 is 26.0 Å². The van der Waals surface area contributed by atoms with Crippen molar-refractivity contribution in [1.29, 1.82) is 0 Å². The van der Waals surface area contributed by atoms with Crippen molar-refractivity contribution in [1.82, 2.24) is 0 Å². The van der Waals surface area contributed by atoms with E-state index in [-0.39, 0.29) is 25.4 Å². The van der Waals surface area contributed by atoms with Crippen LogP contribution in [0.3, 0.4) is 0 Å². The lowest BCUT2D eigenvalue weighted by Crippen LogP contribution is -2.15. The number of ether oxygens (including phenoxy) is 2. The number of benzene rings is 1. The van der Waals surface area contributed by atoms with Crippen LogP contribution in [0.2, 0.25) is 0 Å². The highest BCUT2D eigenvalue weighted by Crippen LogP contribution is 2.21. The summed E-state index contributed by atoms with van der Waals surface area (Å²) in [6, 6.07) is 4.63. The quantitative estimate of drug-likeness (QED) is 0.450. The van der Waals surface area contributed by atoms with E-state index in [0.717, 1.165) is 0 Å². The fraction of sp³-hybridized carbons (Fsp3) is 0.364. The summed E-state index contributed by atoms with van der Waals surface area (Å²) in [5.41, 5.74) is 11.5. The first kappa shape index (κ1) is 13.3. The van der Waals surface area contributed by atoms with E-state index in [2.05, 4.69) is 0 Å². The molecule has 0 saturated heterocycles. The molecule has 1 rings (SSSR count). The topological polar surface area (TPSA) is 108 Å². The van der Waals surface area contributed by atoms with Crippen LogP contribution in [-0.2, 0) is 4.74 Å². The molecule has 0 unspecified atom stereocenters. The Balaban J connectivity index is 2.56. The van der Waals surface area contributed by atoms with Crippen molar-refractivity contribution < 1.29 is 19.4 Å². The molecule has 6 heteroatoms. The minimum atomic E-state index is -0.573. The molecule has 1 aromatic rings. The van der Waals surface area contributed by atoms with E-state index in [0.29, 0.717) is 18.0 Å². The molecule has 0 aromatic heterocycles. The number of carbonyl (C=O) groups is 1. The average Bonchev–Trinajstić information content (AvgIpc) is 2.28. The molecular weight excluding hydrogens is 224 g/mol. The Hall–Kier alpha value is -1.79. The van der Waals surface area contributed by atoms with E-state index in [9.17, 15) is 4.79 Å². The Labute approximate surface area is 99.1 Å². The number of nitrogens with two attached hydrogens (primary N) is 2. The summed E-state index contributed by atoms with van der Waals surface area (Å²) in [4.78, 5) is 11.1. The first-order valence-corrected chi connectivity index (χ1v) is 5.16. The third-order valence-electron chi connectivity index (χ3n) is 1.99. The second-order valence-corrected chi connectivity index (χ2v) is 3.30. The average molecular weight is 240 g/mol. The fourth-order valence-electron chi connectivity index (χ4n) is 1.24. The largest absolute Gasteiger partial charge is 0.490 e. The van der Waals surface area contributed by atoms with Crippen molar-refractivity contribution in [3.8, 4) is 5.75 Å². The molecule has 1 amide bonds. The normalized spacial score (nSPS) is 10.2. The van der Waals surface area contributed by atoms with Gasteiger partial charge in [-0.3, -0.25) is 4.79 Å². The number of hydrogen-bond donors (Lipinski definition) is 3. The summed E-state index contributed by atoms with van der Waals surface area (Å²) in [5.74, 6) is -0.235. The number of nitrogen functional groups attached to an aromatic ring is 1. The molecule has 0 aliphatic carbocycles. The van der Waals surface area contributed by atoms with E-state index in [4.69, 9.17) is 26.0 Å². The molecule has 0 saturated carbocycles. The van der Waals surface area contributed by atoms with Crippen molar-refractivity contribution in [2.45, 2.75) is 0 Å². The molecule has 0 heterocycles. The second kappa shape index (κ2) is 6.72. The lowest BCUT2D eigenvalue weighted by Gasteiger charge is -2.10. The molecule has 0 fully saturated rings. The highest BCUT2D eigenvalue weighted by molar-refractivity contribution is 5.96. The number of carbonyl (C=O) groups excluding carboxylic acids is 1. The molecule has 0 bridgehead atoms. The van der Waals surface area contributed by atoms with Gasteiger partial charge in [0.2, 0.25) is 0 Å². The van der Waals surface area contributed by atoms with Gasteiger partial charge in [-0.15, -0.1) is 0 Å². The van der Waals surface area contributed by atoms with Gasteiger partial charge in [0.25, 0.3) is 5.91 Å². The maximum Gasteiger partial charge on any atom is 0.252 e. The van der Waals surface area contributed by atoms with E-state index in [1.807, 2.05) is 0 Å². The van der Waals surface area contributed by atoms with Gasteiger partial charge >= 0.3 is 0 Å². The molecule has 5 N–H and O–H groups in total. The standard InChI is InChI=1S/C11H16N2O4/c12-8-1-2-9(11(13)15)10(7-8)17-6-5-16-4-3-14/h1-2,7,14H,3-6,12H2,(H2,13,15). The summed E-state index contributed by atoms with van der Waals surface area (Å²) < 4.78 is 10.4. The van der Waals surface area contributed by atoms with Crippen molar-refractivity contribution in [3.63, 3.8) is 0 Å². The van der Waals surface area contributed by atoms with E-state index < -0.39 is 5.91 Å². The van der Waals surface area contributed by atoms with Crippen LogP contribution in [-0.4, -0.2) is 37.4 Å². The van der Waals surface area contributed by atoms with Crippen molar-refractivity contribution in [2.24, 2.45) is 5.73 Å². The maximum atomic E-state index is 11.1. The van der Waals surface area contributed by atoms with Gasteiger partial charge in [0.15, 0.2) is 0 Å². The molecule has 6 nitrogen and oxygen atoms in total. The Bertz CT molecular complexity index is 382. The lowest BCUT2D eigenvalue weighted by molar-refractivity contribution is 0.0701. The second-order valence-electron chi connectivity index (χ2n) is 3.30. The Morgan fingerprint density at radius 1 is 1.29 bits per heavy atom. The SMILES string of the molecule is NC(=O)c1ccc(N)cc1OCCOCCO. The predicted octanol–water partition coefficient (Wildman–Crippen LogP) is -0.245. The van der Waals surface area contributed by atoms with Crippen LogP contribution >= 0.6 is 0 Å². The van der Waals surface area contributed by atoms with Gasteiger partial charge in [-0.2, -0.15) is 0 Å². The summed E-state index contributed by atoms with van der Waals surface area (Å²) >= 11 is 0. The van der Waals surface area contributed by atoms with Gasteiger partial charge in [-0.05, 0) is 12.1 Å². The van der Waals surface area contributed by atoms with Crippen LogP contribution in [0.15, 0.2) is 18.2 Å². The maximum absolute atomic E-state index is 11.1. The Morgan fingerprint density at radius 3 is 2.71 bits per heavy atom. The number of primary amides is 1. The van der Waals surface area contributed by atoms with Crippen LogP contribution in [0.25, 0.3) is 0 Å². The van der Waals surface area contributed by atoms with Crippen LogP contribution < -0.4 is 16.2 Å². The minimum Gasteiger partial charge on any atom is -0.490 e. The molecule has 17 heavy (non-hydrogen) atoms. The molecule has 0 atom stereocenters. The van der Waals surface area contributed by atoms with E-state index >= 15 is 0 Å². The number of rotatable bonds is 7. The number of amides is 1. The zero-order valence-corrected chi connectivity index (χ0v) is 9.39. The van der Waals surface area contributed by atoms with Gasteiger partial charge in [0.1, 0.15) is 12.4 Å². The van der Waals surface area contributed by atoms with E-state index in [1.54, 1.807) is 6.07 Å². The predicted molar refractivity (Wildman–Crippen MR) is 62.8 cm³/mol. The first-order valence-electron chi connectivity index (χ1n) is 5.16. The minimum absolute atomic E-state index is 0.0369. The number of aliphatic hydroxyl groups is 1. The molecule has 0 aliphatic rings. The third-order valence-corrected chi connectivity index (χ3v) is 1.99. The van der Waals surface area contributed by atoms with Crippen molar-refractivity contribution >= 4 is 11.6 Å². The van der Waals surface area contributed by atoms with Gasteiger partial charge in [-0.25, -0.2) is 0 Å². The van der Waals surface area contributed by atoms with Crippen LogP contribution in [0.1, 0.15) is 10.4 Å². The zero-order chi connectivity index (χ0) is 12.7. The molecule has 0 radical (unpaired) electrons. The van der Waals surface area contributed by atoms with Gasteiger partial charge in [-0.1, -0.05) is 0 Å². The molecule has 1 aromatic carbocycles. The van der Waals surface area contributed by atoms with Crippen molar-refractivity contribution in [2.75, 3.05) is 32.2 Å². The highest BCUT2D eigenvalue weighted by Gasteiger charge is 2.09. The smallest absolute Gasteiger partial charge is 0.252 e. The van der Waals surface area contributed by atoms with Crippen molar-refractivity contribution in [3.05, 3.63) is 23.8 Å². The Kier molecular flexibility index (Phi) is 5.25. The fourth-order valence-corrected chi connectivity index (χ4v) is 1.24. The first-order chi connectivity index (χ1) is 8.15. The van der Waals surface area contributed by atoms with Crippen LogP contribution in [0, 0.1) is 0 Å². The molecule has 94 valence electrons. The zero-order valence-electron chi connectivity index (χ0n) is 9.39. The Morgan fingerprint density at radius 2 is 2.06 bits per heavy atom. The number of aliphatic hydroxyl groups excluding tert-OH is 1. The molecular formula is C11H16N2O4. The van der Waals surface area contributed by atoms with E-state index in [1.165, 1.54) is 12.1 Å². The molecule has 0 spiro atoms. The summed E-state index contributed by atoms with van der Waals surface area (Å²) in [7, 11) is 0. The number of hydrogen-bond acceptors (Lipinski definition) is 5. The molecule has 0 aliphatic heterocycles. The summed E-state index contributed by atoms with van der Waals surface area (Å²) in [5, 5.41) is 8.49. The van der Waals surface area contributed by atoms with Crippen LogP contribution in [0.5, 0.6) is 5.75 Å². The summed E-state index contributed by atoms with van der Waals surface area (Å²) in [6.45, 7) is 0.783. The monoisotopic (exact) mass is 240 g/mol. The third kappa shape index (κ3) is 4.29. The van der Waals surface area contributed by atoms with Gasteiger partial charge in [0, 0.05) is 11.8 Å². The number of anilines is 1. The van der Waals surface area contributed by atoms with Crippen LogP contribution in [0.4, 0.5) is 5.69 Å². The summed E-state index contributed by atoms with van der Waals surface area (Å²) in [6.07, 6.45) is 0. The lowest BCUT2D eigenvalue weighted by atomic mass is 10.2. The van der Waals surface area contributed by atoms with Gasteiger partial charge in [0.05, 0.1) is 25.4 Å². The highest BCUT2D eigenvalue weighted by atomic mass is 16.5.